The maximum atomic E-state index is 11.7. The summed E-state index contributed by atoms with van der Waals surface area (Å²) in [7, 11) is 0. The fourth-order valence-electron chi connectivity index (χ4n) is 2.81. The third-order valence-electron chi connectivity index (χ3n) is 3.76. The Balaban J connectivity index is 0.00000144. The van der Waals surface area contributed by atoms with E-state index in [1.54, 1.807) is 6.07 Å². The number of carboxylic acids is 1. The number of aromatic nitrogens is 1. The van der Waals surface area contributed by atoms with Crippen LogP contribution in [-0.2, 0) is 0 Å². The molecule has 0 spiro atoms. The predicted octanol–water partition coefficient (Wildman–Crippen LogP) is 4.82. The van der Waals surface area contributed by atoms with Gasteiger partial charge in [0.25, 0.3) is 0 Å². The van der Waals surface area contributed by atoms with Crippen LogP contribution in [0.5, 0.6) is 0 Å². The second-order valence-electron chi connectivity index (χ2n) is 5.03. The number of carboxylic acid groups (broad SMARTS) is 1. The van der Waals surface area contributed by atoms with E-state index in [9.17, 15) is 9.90 Å². The maximum absolute atomic E-state index is 11.7. The number of carbonyl (C=O) groups is 1. The average Bonchev–Trinajstić information content (AvgIpc) is 2.50. The molecule has 0 radical (unpaired) electrons. The number of para-hydroxylation sites is 1. The Kier molecular flexibility index (Phi) is 3.54. The van der Waals surface area contributed by atoms with Crippen LogP contribution in [0.25, 0.3) is 32.6 Å². The van der Waals surface area contributed by atoms with E-state index in [1.165, 1.54) is 0 Å². The van der Waals surface area contributed by atoms with Crippen LogP contribution in [0.15, 0.2) is 60.7 Å². The monoisotopic (exact) mass is 353 g/mol. The van der Waals surface area contributed by atoms with Crippen LogP contribution in [0.4, 0.5) is 0 Å². The molecule has 0 unspecified atom stereocenters. The van der Waals surface area contributed by atoms with E-state index in [-0.39, 0.29) is 17.0 Å². The van der Waals surface area contributed by atoms with Gasteiger partial charge in [-0.15, -0.1) is 17.0 Å². The molecule has 22 heavy (non-hydrogen) atoms. The van der Waals surface area contributed by atoms with Crippen LogP contribution in [0.2, 0.25) is 0 Å². The highest BCUT2D eigenvalue weighted by Gasteiger charge is 2.15. The molecule has 1 aromatic heterocycles. The molecule has 3 aromatic carbocycles. The van der Waals surface area contributed by atoms with E-state index in [4.69, 9.17) is 0 Å². The summed E-state index contributed by atoms with van der Waals surface area (Å²) in [5.74, 6) is -0.922. The van der Waals surface area contributed by atoms with Crippen molar-refractivity contribution in [3.63, 3.8) is 0 Å². The molecule has 0 fully saturated rings. The topological polar surface area (TPSA) is 50.2 Å². The number of hydrogen-bond donors (Lipinski definition) is 1. The molecule has 0 aliphatic carbocycles. The normalized spacial score (nSPS) is 10.7. The molecule has 0 aliphatic heterocycles. The Labute approximate surface area is 137 Å². The van der Waals surface area contributed by atoms with Crippen LogP contribution in [0.1, 0.15) is 10.4 Å². The molecular weight excluding hydrogens is 342 g/mol. The molecule has 0 saturated heterocycles. The molecule has 4 heteroatoms. The van der Waals surface area contributed by atoms with Crippen LogP contribution in [0.3, 0.4) is 0 Å². The third kappa shape index (κ3) is 2.12. The number of pyridine rings is 1. The third-order valence-corrected chi connectivity index (χ3v) is 3.76. The number of aromatic carboxylic acids is 1. The fourth-order valence-corrected chi connectivity index (χ4v) is 2.81. The number of nitrogens with zero attached hydrogens (tertiary/aromatic N) is 1. The highest BCUT2D eigenvalue weighted by molar-refractivity contribution is 8.93. The van der Waals surface area contributed by atoms with Crippen molar-refractivity contribution in [1.29, 1.82) is 0 Å². The van der Waals surface area contributed by atoms with E-state index in [0.29, 0.717) is 27.4 Å². The summed E-state index contributed by atoms with van der Waals surface area (Å²) in [5, 5.41) is 13.1. The molecule has 1 heterocycles. The van der Waals surface area contributed by atoms with Crippen LogP contribution < -0.4 is 0 Å². The first-order valence-electron chi connectivity index (χ1n) is 6.68. The van der Waals surface area contributed by atoms with E-state index in [2.05, 4.69) is 4.98 Å². The van der Waals surface area contributed by atoms with Crippen molar-refractivity contribution in [3.05, 3.63) is 66.2 Å². The highest BCUT2D eigenvalue weighted by atomic mass is 79.9. The van der Waals surface area contributed by atoms with Crippen molar-refractivity contribution < 1.29 is 9.90 Å². The number of halogens is 1. The van der Waals surface area contributed by atoms with Gasteiger partial charge in [0.1, 0.15) is 0 Å². The lowest BCUT2D eigenvalue weighted by atomic mass is 9.99. The largest absolute Gasteiger partial charge is 0.478 e. The van der Waals surface area contributed by atoms with Crippen LogP contribution in [-0.4, -0.2) is 16.1 Å². The molecule has 0 amide bonds. The van der Waals surface area contributed by atoms with Crippen LogP contribution >= 0.6 is 17.0 Å². The Bertz CT molecular complexity index is 1020. The lowest BCUT2D eigenvalue weighted by Gasteiger charge is -2.08. The second kappa shape index (κ2) is 5.39. The molecule has 0 aliphatic rings. The number of hydrogen-bond acceptors (Lipinski definition) is 2. The summed E-state index contributed by atoms with van der Waals surface area (Å²) < 4.78 is 0. The first-order valence-corrected chi connectivity index (χ1v) is 6.68. The Hall–Kier alpha value is -2.46. The van der Waals surface area contributed by atoms with Gasteiger partial charge in [-0.2, -0.15) is 0 Å². The highest BCUT2D eigenvalue weighted by Crippen LogP contribution is 2.29. The molecule has 4 aromatic rings. The zero-order valence-corrected chi connectivity index (χ0v) is 13.2. The van der Waals surface area contributed by atoms with E-state index in [1.807, 2.05) is 54.6 Å². The van der Waals surface area contributed by atoms with E-state index >= 15 is 0 Å². The van der Waals surface area contributed by atoms with Crippen LogP contribution in [0, 0.1) is 0 Å². The smallest absolute Gasteiger partial charge is 0.337 e. The van der Waals surface area contributed by atoms with Crippen molar-refractivity contribution >= 4 is 55.5 Å². The molecule has 0 saturated carbocycles. The molecular formula is C18H12BrNO2. The van der Waals surface area contributed by atoms with E-state index < -0.39 is 5.97 Å². The number of rotatable bonds is 1. The average molecular weight is 354 g/mol. The Morgan fingerprint density at radius 3 is 2.18 bits per heavy atom. The minimum atomic E-state index is -0.922. The van der Waals surface area contributed by atoms with Gasteiger partial charge in [-0.05, 0) is 29.0 Å². The van der Waals surface area contributed by atoms with Crippen molar-refractivity contribution in [3.8, 4) is 0 Å². The maximum Gasteiger partial charge on any atom is 0.337 e. The zero-order chi connectivity index (χ0) is 14.4. The molecule has 0 bridgehead atoms. The molecule has 3 nitrogen and oxygen atoms in total. The lowest BCUT2D eigenvalue weighted by molar-refractivity contribution is 0.0701. The van der Waals surface area contributed by atoms with Gasteiger partial charge in [0.05, 0.1) is 16.6 Å². The first kappa shape index (κ1) is 14.5. The van der Waals surface area contributed by atoms with Gasteiger partial charge in [0, 0.05) is 10.8 Å². The summed E-state index contributed by atoms with van der Waals surface area (Å²) in [5.41, 5.74) is 1.74. The fraction of sp³-hybridized carbons (Fsp3) is 0. The van der Waals surface area contributed by atoms with E-state index in [0.717, 1.165) is 10.8 Å². The van der Waals surface area contributed by atoms with Gasteiger partial charge < -0.3 is 5.11 Å². The SMILES string of the molecule is Br.O=C(O)c1c2ccccc2nc2cc3ccccc3cc12. The van der Waals surface area contributed by atoms with Crippen molar-refractivity contribution in [2.45, 2.75) is 0 Å². The van der Waals surface area contributed by atoms with Gasteiger partial charge in [-0.1, -0.05) is 42.5 Å². The summed E-state index contributed by atoms with van der Waals surface area (Å²) in [6.45, 7) is 0. The van der Waals surface area contributed by atoms with Gasteiger partial charge in [0.2, 0.25) is 0 Å². The quantitative estimate of drug-likeness (QED) is 0.499. The first-order chi connectivity index (χ1) is 10.2. The zero-order valence-electron chi connectivity index (χ0n) is 11.5. The predicted molar refractivity (Wildman–Crippen MR) is 94.0 cm³/mol. The van der Waals surface area contributed by atoms with Gasteiger partial charge >= 0.3 is 5.97 Å². The standard InChI is InChI=1S/C18H11NO2.BrH/c20-18(21)17-13-7-3-4-8-15(13)19-16-10-12-6-2-1-5-11(12)9-14(16)17;/h1-10H,(H,20,21);1H. The summed E-state index contributed by atoms with van der Waals surface area (Å²) in [6.07, 6.45) is 0. The second-order valence-corrected chi connectivity index (χ2v) is 5.03. The Morgan fingerprint density at radius 2 is 1.45 bits per heavy atom. The number of fused-ring (bicyclic) bond motifs is 3. The van der Waals surface area contributed by atoms with Gasteiger partial charge in [0.15, 0.2) is 0 Å². The van der Waals surface area contributed by atoms with Gasteiger partial charge in [-0.3, -0.25) is 0 Å². The summed E-state index contributed by atoms with van der Waals surface area (Å²) >= 11 is 0. The summed E-state index contributed by atoms with van der Waals surface area (Å²) in [6, 6.07) is 19.1. The van der Waals surface area contributed by atoms with Crippen molar-refractivity contribution in [1.82, 2.24) is 4.98 Å². The lowest BCUT2D eigenvalue weighted by Crippen LogP contribution is -2.00. The number of benzene rings is 3. The molecule has 0 atom stereocenters. The molecule has 4 rings (SSSR count). The summed E-state index contributed by atoms with van der Waals surface area (Å²) in [4.78, 5) is 16.3. The van der Waals surface area contributed by atoms with Crippen molar-refractivity contribution in [2.75, 3.05) is 0 Å². The molecule has 1 N–H and O–H groups in total. The Morgan fingerprint density at radius 1 is 0.818 bits per heavy atom. The van der Waals surface area contributed by atoms with Gasteiger partial charge in [-0.25, -0.2) is 9.78 Å². The minimum absolute atomic E-state index is 0. The minimum Gasteiger partial charge on any atom is -0.478 e. The molecule has 108 valence electrons. The van der Waals surface area contributed by atoms with Crippen molar-refractivity contribution in [2.24, 2.45) is 0 Å².